The van der Waals surface area contributed by atoms with Gasteiger partial charge in [-0.2, -0.15) is 10.6 Å². The standard InChI is InChI=1S/C19H16N4O.2C2H7NO2S/c24-18-14-8-7-13-17(18)21-23-19(15-9-3-1-4-10-15)22-20-16-11-5-2-6-12-16;1-3-6(2,4)5;1-3-4-5-6-2/h1-14,20,24H;2*3H,1-2H3/b22-19+,23-21?;;. The molecular formula is C23H30N6O5S2. The van der Waals surface area contributed by atoms with Gasteiger partial charge in [-0.25, -0.2) is 13.1 Å². The van der Waals surface area contributed by atoms with Crippen molar-refractivity contribution in [2.75, 3.05) is 32.0 Å². The van der Waals surface area contributed by atoms with Crippen molar-refractivity contribution in [2.24, 2.45) is 15.3 Å². The molecule has 0 heterocycles. The molecule has 36 heavy (non-hydrogen) atoms. The fourth-order valence-corrected chi connectivity index (χ4v) is 2.22. The molecule has 4 N–H and O–H groups in total. The van der Waals surface area contributed by atoms with Crippen LogP contribution in [0.25, 0.3) is 0 Å². The van der Waals surface area contributed by atoms with Gasteiger partial charge in [0.05, 0.1) is 11.9 Å². The van der Waals surface area contributed by atoms with E-state index in [4.69, 9.17) is 0 Å². The molecular weight excluding hydrogens is 504 g/mol. The third kappa shape index (κ3) is 14.2. The molecule has 0 amide bonds. The number of hydrogen-bond acceptors (Lipinski definition) is 10. The van der Waals surface area contributed by atoms with E-state index in [2.05, 4.69) is 40.3 Å². The Morgan fingerprint density at radius 3 is 1.97 bits per heavy atom. The molecule has 0 saturated heterocycles. The fourth-order valence-electron chi connectivity index (χ4n) is 2.08. The maximum absolute atomic E-state index is 9.89. The summed E-state index contributed by atoms with van der Waals surface area (Å²) in [4.78, 5) is 4.20. The number of phenols is 1. The van der Waals surface area contributed by atoms with Crippen LogP contribution in [0.2, 0.25) is 0 Å². The summed E-state index contributed by atoms with van der Waals surface area (Å²) in [5, 5.41) is 22.4. The number of nitrogens with one attached hydrogen (secondary N) is 3. The summed E-state index contributed by atoms with van der Waals surface area (Å²) in [7, 11) is 0.0796. The quantitative estimate of drug-likeness (QED) is 0.0630. The lowest BCUT2D eigenvalue weighted by atomic mass is 10.2. The number of phenolic OH excluding ortho intramolecular Hbond substituents is 1. The Bertz CT molecular complexity index is 1160. The van der Waals surface area contributed by atoms with Gasteiger partial charge in [-0.05, 0) is 31.3 Å². The van der Waals surface area contributed by atoms with Gasteiger partial charge in [-0.15, -0.1) is 19.6 Å². The van der Waals surface area contributed by atoms with Crippen LogP contribution >= 0.6 is 12.0 Å². The summed E-state index contributed by atoms with van der Waals surface area (Å²) in [5.41, 5.74) is 7.35. The number of nitrogens with zero attached hydrogens (tertiary/aromatic N) is 3. The number of amidine groups is 1. The minimum Gasteiger partial charge on any atom is -0.506 e. The molecule has 0 fully saturated rings. The van der Waals surface area contributed by atoms with Crippen LogP contribution < -0.4 is 15.6 Å². The molecule has 3 rings (SSSR count). The van der Waals surface area contributed by atoms with Crippen molar-refractivity contribution in [3.63, 3.8) is 0 Å². The van der Waals surface area contributed by atoms with E-state index in [1.54, 1.807) is 37.6 Å². The molecule has 13 heteroatoms. The Morgan fingerprint density at radius 2 is 1.47 bits per heavy atom. The summed E-state index contributed by atoms with van der Waals surface area (Å²) in [6, 6.07) is 25.9. The molecule has 0 aliphatic rings. The smallest absolute Gasteiger partial charge is 0.208 e. The summed E-state index contributed by atoms with van der Waals surface area (Å²) in [6.07, 6.45) is 2.87. The first-order chi connectivity index (χ1) is 17.3. The van der Waals surface area contributed by atoms with Gasteiger partial charge in [-0.3, -0.25) is 5.43 Å². The molecule has 194 valence electrons. The second kappa shape index (κ2) is 18.0. The number of azo groups is 1. The van der Waals surface area contributed by atoms with E-state index in [0.717, 1.165) is 29.5 Å². The largest absolute Gasteiger partial charge is 0.506 e. The topological polar surface area (TPSA) is 146 Å². The maximum atomic E-state index is 9.89. The zero-order chi connectivity index (χ0) is 26.7. The van der Waals surface area contributed by atoms with E-state index in [9.17, 15) is 13.5 Å². The van der Waals surface area contributed by atoms with Gasteiger partial charge >= 0.3 is 0 Å². The van der Waals surface area contributed by atoms with E-state index in [1.165, 1.54) is 7.05 Å². The van der Waals surface area contributed by atoms with Crippen LogP contribution in [0, 0.1) is 0 Å². The lowest BCUT2D eigenvalue weighted by molar-refractivity contribution is -0.237. The molecule has 0 bridgehead atoms. The Labute approximate surface area is 215 Å². The van der Waals surface area contributed by atoms with Crippen molar-refractivity contribution in [1.29, 1.82) is 0 Å². The van der Waals surface area contributed by atoms with E-state index in [0.29, 0.717) is 11.5 Å². The van der Waals surface area contributed by atoms with E-state index >= 15 is 0 Å². The number of para-hydroxylation sites is 2. The van der Waals surface area contributed by atoms with Crippen LogP contribution in [-0.2, 0) is 19.3 Å². The highest BCUT2D eigenvalue weighted by Gasteiger charge is 2.03. The fraction of sp³-hybridized carbons (Fsp3) is 0.174. The number of hydrazone groups is 1. The lowest BCUT2D eigenvalue weighted by Crippen LogP contribution is -2.15. The monoisotopic (exact) mass is 534 g/mol. The summed E-state index contributed by atoms with van der Waals surface area (Å²) >= 11 is 1.14. The average molecular weight is 535 g/mol. The molecule has 0 unspecified atom stereocenters. The molecule has 0 spiro atoms. The number of benzene rings is 3. The lowest BCUT2D eigenvalue weighted by Gasteiger charge is -2.03. The van der Waals surface area contributed by atoms with Crippen LogP contribution in [-0.4, -0.2) is 46.0 Å². The first-order valence-electron chi connectivity index (χ1n) is 10.4. The van der Waals surface area contributed by atoms with Crippen LogP contribution in [0.15, 0.2) is 100 Å². The number of rotatable bonds is 8. The third-order valence-corrected chi connectivity index (χ3v) is 4.73. The highest BCUT2D eigenvalue weighted by molar-refractivity contribution is 7.93. The molecule has 3 aromatic rings. The summed E-state index contributed by atoms with van der Waals surface area (Å²) in [5.74, 6) is 0.493. The summed E-state index contributed by atoms with van der Waals surface area (Å²) < 4.78 is 26.1. The highest BCUT2D eigenvalue weighted by Crippen LogP contribution is 2.25. The predicted molar refractivity (Wildman–Crippen MR) is 144 cm³/mol. The van der Waals surface area contributed by atoms with Crippen molar-refractivity contribution in [1.82, 2.24) is 10.2 Å². The van der Waals surface area contributed by atoms with Crippen molar-refractivity contribution in [2.45, 2.75) is 0 Å². The van der Waals surface area contributed by atoms with E-state index < -0.39 is 10.0 Å². The van der Waals surface area contributed by atoms with Gasteiger partial charge in [0.2, 0.25) is 15.9 Å². The molecule has 0 aromatic heterocycles. The number of hydrogen-bond donors (Lipinski definition) is 4. The van der Waals surface area contributed by atoms with Gasteiger partial charge in [-0.1, -0.05) is 60.7 Å². The molecule has 0 aliphatic heterocycles. The third-order valence-electron chi connectivity index (χ3n) is 3.79. The number of aromatic hydroxyl groups is 1. The molecule has 0 radical (unpaired) electrons. The Hall–Kier alpha value is -3.33. The van der Waals surface area contributed by atoms with Crippen LogP contribution in [0.5, 0.6) is 5.75 Å². The van der Waals surface area contributed by atoms with Crippen LogP contribution in [0.3, 0.4) is 0 Å². The normalized spacial score (nSPS) is 11.2. The Kier molecular flexibility index (Phi) is 15.4. The van der Waals surface area contributed by atoms with Crippen molar-refractivity contribution >= 4 is 39.3 Å². The molecule has 11 nitrogen and oxygen atoms in total. The minimum absolute atomic E-state index is 0.0738. The Balaban J connectivity index is 0.000000450. The number of hydroxylamine groups is 1. The van der Waals surface area contributed by atoms with Gasteiger partial charge in [0.25, 0.3) is 0 Å². The molecule has 0 aliphatic carbocycles. The van der Waals surface area contributed by atoms with Crippen molar-refractivity contribution < 1.29 is 22.8 Å². The first-order valence-corrected chi connectivity index (χ1v) is 13.4. The van der Waals surface area contributed by atoms with Crippen LogP contribution in [0.4, 0.5) is 11.4 Å². The second-order valence-electron chi connectivity index (χ2n) is 6.47. The SMILES string of the molecule is CNOOSC.CNS(C)(=O)=O.Oc1ccccc1N=N/C(=N/Nc1ccccc1)c1ccccc1. The Morgan fingerprint density at radius 1 is 0.917 bits per heavy atom. The second-order valence-corrected chi connectivity index (χ2v) is 8.89. The van der Waals surface area contributed by atoms with Gasteiger partial charge < -0.3 is 5.11 Å². The summed E-state index contributed by atoms with van der Waals surface area (Å²) in [6.45, 7) is 0. The van der Waals surface area contributed by atoms with Crippen LogP contribution in [0.1, 0.15) is 5.56 Å². The highest BCUT2D eigenvalue weighted by atomic mass is 32.2. The van der Waals surface area contributed by atoms with Gasteiger partial charge in [0.15, 0.2) is 0 Å². The zero-order valence-electron chi connectivity index (χ0n) is 20.3. The van der Waals surface area contributed by atoms with Gasteiger partial charge in [0.1, 0.15) is 11.4 Å². The predicted octanol–water partition coefficient (Wildman–Crippen LogP) is 4.46. The maximum Gasteiger partial charge on any atom is 0.208 e. The van der Waals surface area contributed by atoms with Crippen molar-refractivity contribution in [3.8, 4) is 5.75 Å². The molecule has 0 saturated carbocycles. The number of anilines is 1. The number of sulfonamides is 1. The average Bonchev–Trinajstić information content (AvgIpc) is 2.90. The zero-order valence-corrected chi connectivity index (χ0v) is 22.0. The first kappa shape index (κ1) is 30.7. The molecule has 0 atom stereocenters. The van der Waals surface area contributed by atoms with Gasteiger partial charge in [0, 0.05) is 30.9 Å². The van der Waals surface area contributed by atoms with E-state index in [1.807, 2.05) is 60.7 Å². The van der Waals surface area contributed by atoms with Crippen molar-refractivity contribution in [3.05, 3.63) is 90.5 Å². The minimum atomic E-state index is -2.91. The molecule has 3 aromatic carbocycles. The van der Waals surface area contributed by atoms with E-state index in [-0.39, 0.29) is 5.75 Å².